The quantitative estimate of drug-likeness (QED) is 0.373. The predicted octanol–water partition coefficient (Wildman–Crippen LogP) is -1.87. The molecule has 0 spiro atoms. The molecule has 6 nitrogen and oxygen atoms in total. The SMILES string of the molecule is O=C(O)OP(=O)([O-])[O-].[Ca+2]. The van der Waals surface area contributed by atoms with E-state index < -0.39 is 14.0 Å². The Hall–Kier alpha value is 0.680. The number of phosphoric ester groups is 1. The second kappa shape index (κ2) is 4.49. The van der Waals surface area contributed by atoms with Crippen LogP contribution in [0.5, 0.6) is 0 Å². The van der Waals surface area contributed by atoms with Gasteiger partial charge in [0.25, 0.3) is 0 Å². The zero-order valence-electron chi connectivity index (χ0n) is 4.14. The molecule has 0 aromatic carbocycles. The molecule has 0 unspecified atom stereocenters. The Balaban J connectivity index is 0. The molecule has 0 saturated heterocycles. The molecule has 0 aliphatic carbocycles. The molecule has 0 bridgehead atoms. The van der Waals surface area contributed by atoms with Gasteiger partial charge in [0.1, 0.15) is 7.82 Å². The Morgan fingerprint density at radius 2 is 1.89 bits per heavy atom. The summed E-state index contributed by atoms with van der Waals surface area (Å²) in [7, 11) is -5.32. The number of hydrogen-bond donors (Lipinski definition) is 1. The van der Waals surface area contributed by atoms with Crippen LogP contribution in [0, 0.1) is 0 Å². The van der Waals surface area contributed by atoms with Crippen molar-refractivity contribution in [3.05, 3.63) is 0 Å². The second-order valence-corrected chi connectivity index (χ2v) is 1.88. The monoisotopic (exact) mass is 180 g/mol. The fourth-order valence-electron chi connectivity index (χ4n) is 0.0956. The van der Waals surface area contributed by atoms with Gasteiger partial charge in [-0.05, 0) is 0 Å². The first-order valence-electron chi connectivity index (χ1n) is 1.36. The van der Waals surface area contributed by atoms with Crippen molar-refractivity contribution in [2.75, 3.05) is 0 Å². The summed E-state index contributed by atoms with van der Waals surface area (Å²) in [6.07, 6.45) is -2.11. The Kier molecular flexibility index (Phi) is 6.17. The van der Waals surface area contributed by atoms with Crippen molar-refractivity contribution < 1.29 is 28.8 Å². The molecule has 0 aliphatic heterocycles. The molecule has 48 valence electrons. The Bertz CT molecular complexity index is 136. The van der Waals surface area contributed by atoms with Crippen molar-refractivity contribution in [3.8, 4) is 0 Å². The van der Waals surface area contributed by atoms with Gasteiger partial charge < -0.3 is 24.0 Å². The molecule has 0 rings (SSSR count). The van der Waals surface area contributed by atoms with E-state index in [-0.39, 0.29) is 37.7 Å². The van der Waals surface area contributed by atoms with Crippen LogP contribution in [-0.2, 0) is 9.09 Å². The number of phosphoric acid groups is 1. The van der Waals surface area contributed by atoms with Crippen LogP contribution in [0.4, 0.5) is 4.79 Å². The molecule has 0 aliphatic rings. The molecule has 0 aromatic rings. The van der Waals surface area contributed by atoms with Crippen molar-refractivity contribution in [2.24, 2.45) is 0 Å². The van der Waals surface area contributed by atoms with Crippen molar-refractivity contribution in [1.82, 2.24) is 0 Å². The fourth-order valence-corrected chi connectivity index (χ4v) is 0.287. The van der Waals surface area contributed by atoms with Crippen molar-refractivity contribution in [3.63, 3.8) is 0 Å². The summed E-state index contributed by atoms with van der Waals surface area (Å²) >= 11 is 0. The van der Waals surface area contributed by atoms with Gasteiger partial charge in [-0.1, -0.05) is 0 Å². The molecule has 0 fully saturated rings. The third-order valence-electron chi connectivity index (χ3n) is 0.190. The molecule has 0 saturated carbocycles. The van der Waals surface area contributed by atoms with Crippen molar-refractivity contribution >= 4 is 51.7 Å². The van der Waals surface area contributed by atoms with Gasteiger partial charge in [-0.25, -0.2) is 4.79 Å². The predicted molar refractivity (Wildman–Crippen MR) is 22.5 cm³/mol. The summed E-state index contributed by atoms with van der Waals surface area (Å²) < 4.78 is 12.1. The molecule has 0 amide bonds. The summed E-state index contributed by atoms with van der Waals surface area (Å²) in [5.41, 5.74) is 0. The molecule has 9 heavy (non-hydrogen) atoms. The summed E-state index contributed by atoms with van der Waals surface area (Å²) in [5.74, 6) is 0. The smallest absolute Gasteiger partial charge is 0.780 e. The van der Waals surface area contributed by atoms with Gasteiger partial charge in [-0.15, -0.1) is 0 Å². The number of carbonyl (C=O) groups is 1. The first kappa shape index (κ1) is 12.4. The van der Waals surface area contributed by atoms with Gasteiger partial charge in [0.2, 0.25) is 0 Å². The topological polar surface area (TPSA) is 110 Å². The number of carboxylic acid groups (broad SMARTS) is 1. The molecule has 8 heteroatoms. The van der Waals surface area contributed by atoms with Crippen LogP contribution in [-0.4, -0.2) is 49.0 Å². The fraction of sp³-hybridized carbons (Fsp3) is 0. The van der Waals surface area contributed by atoms with Gasteiger partial charge >= 0.3 is 43.9 Å². The van der Waals surface area contributed by atoms with Gasteiger partial charge in [-0.2, -0.15) is 0 Å². The standard InChI is InChI=1S/CH3O6P.Ca/c2-1(3)7-8(4,5)6;/h(H,2,3)(H2,4,5,6);/q;+2/p-2. The van der Waals surface area contributed by atoms with E-state index in [1.54, 1.807) is 0 Å². The van der Waals surface area contributed by atoms with Crippen LogP contribution in [0.3, 0.4) is 0 Å². The summed E-state index contributed by atoms with van der Waals surface area (Å²) in [5, 5.41) is 7.45. The van der Waals surface area contributed by atoms with E-state index in [0.29, 0.717) is 0 Å². The third kappa shape index (κ3) is 12.0. The average Bonchev–Trinajstić information content (AvgIpc) is 1.21. The first-order chi connectivity index (χ1) is 3.42. The maximum atomic E-state index is 9.31. The minimum Gasteiger partial charge on any atom is -0.780 e. The van der Waals surface area contributed by atoms with E-state index in [0.717, 1.165) is 0 Å². The van der Waals surface area contributed by atoms with E-state index in [9.17, 15) is 19.1 Å². The molecular weight excluding hydrogens is 179 g/mol. The Morgan fingerprint density at radius 3 is 1.89 bits per heavy atom. The molecule has 0 atom stereocenters. The van der Waals surface area contributed by atoms with E-state index in [1.807, 2.05) is 0 Å². The molecule has 0 aromatic heterocycles. The van der Waals surface area contributed by atoms with Crippen molar-refractivity contribution in [2.45, 2.75) is 0 Å². The van der Waals surface area contributed by atoms with Gasteiger partial charge in [0.15, 0.2) is 0 Å². The minimum absolute atomic E-state index is 0. The Labute approximate surface area is 80.1 Å². The summed E-state index contributed by atoms with van der Waals surface area (Å²) in [6, 6.07) is 0. The van der Waals surface area contributed by atoms with Gasteiger partial charge in [0, 0.05) is 0 Å². The van der Waals surface area contributed by atoms with Crippen LogP contribution in [0.15, 0.2) is 0 Å². The van der Waals surface area contributed by atoms with E-state index in [4.69, 9.17) is 5.11 Å². The first-order valence-corrected chi connectivity index (χ1v) is 2.82. The van der Waals surface area contributed by atoms with Crippen LogP contribution in [0.1, 0.15) is 0 Å². The molecule has 0 heterocycles. The van der Waals surface area contributed by atoms with Crippen LogP contribution < -0.4 is 9.79 Å². The largest absolute Gasteiger partial charge is 2.00 e. The Morgan fingerprint density at radius 1 is 1.56 bits per heavy atom. The number of rotatable bonds is 1. The maximum absolute atomic E-state index is 9.31. The normalized spacial score (nSPS) is 9.56. The second-order valence-electron chi connectivity index (χ2n) is 0.804. The maximum Gasteiger partial charge on any atom is 2.00 e. The molecular formula is CHCaO6P. The van der Waals surface area contributed by atoms with E-state index in [1.165, 1.54) is 0 Å². The molecule has 1 N–H and O–H groups in total. The van der Waals surface area contributed by atoms with Gasteiger partial charge in [-0.3, -0.25) is 0 Å². The van der Waals surface area contributed by atoms with Crippen LogP contribution in [0.25, 0.3) is 0 Å². The van der Waals surface area contributed by atoms with Crippen LogP contribution >= 0.6 is 7.82 Å². The molecule has 0 radical (unpaired) electrons. The zero-order chi connectivity index (χ0) is 6.78. The van der Waals surface area contributed by atoms with Crippen LogP contribution in [0.2, 0.25) is 0 Å². The summed E-state index contributed by atoms with van der Waals surface area (Å²) in [4.78, 5) is 27.8. The summed E-state index contributed by atoms with van der Waals surface area (Å²) in [6.45, 7) is 0. The zero-order valence-corrected chi connectivity index (χ0v) is 7.25. The van der Waals surface area contributed by atoms with E-state index >= 15 is 0 Å². The average molecular weight is 180 g/mol. The van der Waals surface area contributed by atoms with Gasteiger partial charge in [0.05, 0.1) is 0 Å². The van der Waals surface area contributed by atoms with E-state index in [2.05, 4.69) is 4.52 Å². The van der Waals surface area contributed by atoms with Crippen molar-refractivity contribution in [1.29, 1.82) is 0 Å². The minimum atomic E-state index is -5.32. The number of hydrogen-bond acceptors (Lipinski definition) is 5. The third-order valence-corrected chi connectivity index (χ3v) is 0.570.